The lowest BCUT2D eigenvalue weighted by atomic mass is 10.5. The first-order valence-electron chi connectivity index (χ1n) is 4.18. The van der Waals surface area contributed by atoms with E-state index in [0.717, 1.165) is 19.0 Å². The molecule has 2 aliphatic rings. The molecule has 1 aliphatic carbocycles. The molecular weight excluding hydrogens is 154 g/mol. The lowest BCUT2D eigenvalue weighted by Crippen LogP contribution is -2.32. The van der Waals surface area contributed by atoms with E-state index < -0.39 is 0 Å². The zero-order valence-electron chi connectivity index (χ0n) is 6.90. The molecule has 1 saturated carbocycles. The minimum Gasteiger partial charge on any atom is -0.370 e. The number of hydrogen-bond acceptors (Lipinski definition) is 3. The highest BCUT2D eigenvalue weighted by Crippen LogP contribution is 2.28. The summed E-state index contributed by atoms with van der Waals surface area (Å²) in [4.78, 5) is 10.4. The van der Waals surface area contributed by atoms with Gasteiger partial charge in [0.2, 0.25) is 5.96 Å². The second kappa shape index (κ2) is 2.66. The summed E-state index contributed by atoms with van der Waals surface area (Å²) in [5.41, 5.74) is 10.6. The average Bonchev–Trinajstić information content (AvgIpc) is 2.73. The molecule has 0 saturated heterocycles. The van der Waals surface area contributed by atoms with Gasteiger partial charge in [-0.2, -0.15) is 4.99 Å². The molecule has 0 radical (unpaired) electrons. The first kappa shape index (κ1) is 7.39. The van der Waals surface area contributed by atoms with E-state index in [2.05, 4.69) is 14.9 Å². The van der Waals surface area contributed by atoms with Gasteiger partial charge in [0, 0.05) is 12.6 Å². The first-order chi connectivity index (χ1) is 5.77. The third-order valence-electron chi connectivity index (χ3n) is 2.07. The van der Waals surface area contributed by atoms with Crippen molar-refractivity contribution in [2.45, 2.75) is 18.9 Å². The number of nitrogens with zero attached hydrogens (tertiary/aromatic N) is 3. The molecule has 4 N–H and O–H groups in total. The van der Waals surface area contributed by atoms with Crippen molar-refractivity contribution in [1.82, 2.24) is 4.90 Å². The van der Waals surface area contributed by atoms with Gasteiger partial charge in [-0.1, -0.05) is 0 Å². The minimum atomic E-state index is 0.0984. The maximum absolute atomic E-state index is 5.28. The Kier molecular flexibility index (Phi) is 1.64. The summed E-state index contributed by atoms with van der Waals surface area (Å²) in [6.45, 7) is 1.79. The van der Waals surface area contributed by atoms with Crippen LogP contribution in [0.1, 0.15) is 12.8 Å². The van der Waals surface area contributed by atoms with Crippen LogP contribution in [0.3, 0.4) is 0 Å². The van der Waals surface area contributed by atoms with E-state index in [1.54, 1.807) is 0 Å². The summed E-state index contributed by atoms with van der Waals surface area (Å²) < 4.78 is 0. The molecule has 0 atom stereocenters. The summed E-state index contributed by atoms with van der Waals surface area (Å²) >= 11 is 0. The Bertz CT molecular complexity index is 236. The Morgan fingerprint density at radius 3 is 2.83 bits per heavy atom. The Hall–Kier alpha value is -1.26. The van der Waals surface area contributed by atoms with Crippen LogP contribution in [0.25, 0.3) is 0 Å². The molecule has 0 bridgehead atoms. The molecule has 0 aromatic rings. The van der Waals surface area contributed by atoms with E-state index in [0.29, 0.717) is 6.04 Å². The molecule has 2 rings (SSSR count). The highest BCUT2D eigenvalue weighted by molar-refractivity contribution is 5.94. The van der Waals surface area contributed by atoms with Gasteiger partial charge in [-0.3, -0.25) is 0 Å². The van der Waals surface area contributed by atoms with Crippen LogP contribution in [0.5, 0.6) is 0 Å². The molecule has 1 heterocycles. The maximum atomic E-state index is 5.28. The van der Waals surface area contributed by atoms with Crippen LogP contribution in [0.2, 0.25) is 0 Å². The van der Waals surface area contributed by atoms with E-state index in [4.69, 9.17) is 11.5 Å². The Morgan fingerprint density at radius 1 is 1.50 bits per heavy atom. The summed E-state index contributed by atoms with van der Waals surface area (Å²) in [6, 6.07) is 0.648. The Labute approximate surface area is 71.1 Å². The molecule has 0 amide bonds. The number of nitrogens with two attached hydrogens (primary N) is 2. The Morgan fingerprint density at radius 2 is 2.25 bits per heavy atom. The molecule has 5 heteroatoms. The fraction of sp³-hybridized carbons (Fsp3) is 0.714. The molecule has 12 heavy (non-hydrogen) atoms. The third kappa shape index (κ3) is 1.34. The highest BCUT2D eigenvalue weighted by Gasteiger charge is 2.33. The van der Waals surface area contributed by atoms with Gasteiger partial charge < -0.3 is 16.4 Å². The van der Waals surface area contributed by atoms with Crippen LogP contribution < -0.4 is 11.5 Å². The third-order valence-corrected chi connectivity index (χ3v) is 2.07. The van der Waals surface area contributed by atoms with E-state index in [-0.39, 0.29) is 5.96 Å². The van der Waals surface area contributed by atoms with Crippen LogP contribution >= 0.6 is 0 Å². The van der Waals surface area contributed by atoms with Crippen LogP contribution in [-0.2, 0) is 0 Å². The van der Waals surface area contributed by atoms with E-state index in [1.807, 2.05) is 0 Å². The van der Waals surface area contributed by atoms with Crippen molar-refractivity contribution < 1.29 is 0 Å². The molecule has 5 nitrogen and oxygen atoms in total. The monoisotopic (exact) mass is 167 g/mol. The van der Waals surface area contributed by atoms with Crippen LogP contribution in [0.15, 0.2) is 9.98 Å². The average molecular weight is 167 g/mol. The van der Waals surface area contributed by atoms with Crippen LogP contribution in [0.4, 0.5) is 0 Å². The molecule has 0 unspecified atom stereocenters. The minimum absolute atomic E-state index is 0.0984. The number of guanidine groups is 2. The van der Waals surface area contributed by atoms with Crippen molar-refractivity contribution in [2.75, 3.05) is 13.1 Å². The topological polar surface area (TPSA) is 80.0 Å². The van der Waals surface area contributed by atoms with Crippen molar-refractivity contribution in [1.29, 1.82) is 0 Å². The van der Waals surface area contributed by atoms with Crippen LogP contribution in [-0.4, -0.2) is 36.0 Å². The smallest absolute Gasteiger partial charge is 0.224 e. The number of hydrogen-bond donors (Lipinski definition) is 2. The van der Waals surface area contributed by atoms with Gasteiger partial charge in [0.1, 0.15) is 0 Å². The van der Waals surface area contributed by atoms with Crippen molar-refractivity contribution >= 4 is 11.9 Å². The lowest BCUT2D eigenvalue weighted by molar-refractivity contribution is 0.444. The quantitative estimate of drug-likeness (QED) is 0.392. The van der Waals surface area contributed by atoms with E-state index >= 15 is 0 Å². The zero-order valence-corrected chi connectivity index (χ0v) is 6.90. The SMILES string of the molecule is NC(N)=NC1=NCCN1C1CC1. The standard InChI is InChI=1S/C7H13N5/c8-6(9)11-7-10-3-4-12(7)5-1-2-5/h5H,1-4H2,(H4,8,9,10,11). The fourth-order valence-electron chi connectivity index (χ4n) is 1.40. The van der Waals surface area contributed by atoms with Gasteiger partial charge in [0.15, 0.2) is 5.96 Å². The van der Waals surface area contributed by atoms with Crippen molar-refractivity contribution in [3.63, 3.8) is 0 Å². The molecule has 0 spiro atoms. The van der Waals surface area contributed by atoms with Gasteiger partial charge in [0.25, 0.3) is 0 Å². The van der Waals surface area contributed by atoms with Crippen LogP contribution in [0, 0.1) is 0 Å². The first-order valence-corrected chi connectivity index (χ1v) is 4.18. The van der Waals surface area contributed by atoms with Crippen molar-refractivity contribution in [2.24, 2.45) is 21.5 Å². The molecule has 1 fully saturated rings. The summed E-state index contributed by atoms with van der Waals surface area (Å²) in [5.74, 6) is 0.818. The second-order valence-electron chi connectivity index (χ2n) is 3.14. The van der Waals surface area contributed by atoms with Gasteiger partial charge in [-0.25, -0.2) is 4.99 Å². The van der Waals surface area contributed by atoms with E-state index in [9.17, 15) is 0 Å². The normalized spacial score (nSPS) is 22.3. The Balaban J connectivity index is 2.07. The van der Waals surface area contributed by atoms with Gasteiger partial charge >= 0.3 is 0 Å². The van der Waals surface area contributed by atoms with Gasteiger partial charge in [-0.15, -0.1) is 0 Å². The molecule has 66 valence electrons. The largest absolute Gasteiger partial charge is 0.370 e. The number of rotatable bonds is 1. The predicted molar refractivity (Wildman–Crippen MR) is 47.8 cm³/mol. The molecule has 1 aliphatic heterocycles. The van der Waals surface area contributed by atoms with Gasteiger partial charge in [0.05, 0.1) is 6.54 Å². The fourth-order valence-corrected chi connectivity index (χ4v) is 1.40. The molecule has 0 aromatic carbocycles. The lowest BCUT2D eigenvalue weighted by Gasteiger charge is -2.15. The van der Waals surface area contributed by atoms with Crippen molar-refractivity contribution in [3.8, 4) is 0 Å². The summed E-state index contributed by atoms with van der Waals surface area (Å²) in [7, 11) is 0. The second-order valence-corrected chi connectivity index (χ2v) is 3.14. The molecular formula is C7H13N5. The summed E-state index contributed by atoms with van der Waals surface area (Å²) in [6.07, 6.45) is 2.50. The maximum Gasteiger partial charge on any atom is 0.224 e. The molecule has 0 aromatic heterocycles. The number of aliphatic imine (C=N–C) groups is 2. The predicted octanol–water partition coefficient (Wildman–Crippen LogP) is -0.906. The van der Waals surface area contributed by atoms with Gasteiger partial charge in [-0.05, 0) is 12.8 Å². The highest BCUT2D eigenvalue weighted by atomic mass is 15.4. The van der Waals surface area contributed by atoms with E-state index in [1.165, 1.54) is 12.8 Å². The van der Waals surface area contributed by atoms with Crippen molar-refractivity contribution in [3.05, 3.63) is 0 Å². The zero-order chi connectivity index (χ0) is 8.55. The summed E-state index contributed by atoms with van der Waals surface area (Å²) in [5, 5.41) is 0.